The molecule has 56 heavy (non-hydrogen) atoms. The standard InChI is InChI=1S/2C25H29.2CH3.2ClH.H2Si.Zr/c2*1-4-9-25(10-6-11-25)17-20-15-21-7-5-8-23(24(21)16-20)22-13-18(2)12-19(3)14-22;;;;;;/h2*5,7-8,12-16H,4,6,9-11,17H2,1-3H3;2*1H3;2*1H;1H2;. The van der Waals surface area contributed by atoms with Gasteiger partial charge in [0, 0.05) is 0 Å². The molecule has 0 amide bonds. The van der Waals surface area contributed by atoms with Crippen molar-refractivity contribution in [2.24, 2.45) is 10.8 Å². The summed E-state index contributed by atoms with van der Waals surface area (Å²) in [5.74, 6) is 0. The van der Waals surface area contributed by atoms with Crippen LogP contribution in [0.1, 0.15) is 143 Å². The summed E-state index contributed by atoms with van der Waals surface area (Å²) in [6, 6.07) is 29.2. The third-order valence-corrected chi connectivity index (χ3v) is 32.3. The molecule has 2 fully saturated rings. The van der Waals surface area contributed by atoms with Crippen LogP contribution in [-0.2, 0) is 17.4 Å². The molecule has 2 saturated carbocycles. The summed E-state index contributed by atoms with van der Waals surface area (Å²) in [6.45, 7) is 16.5. The van der Waals surface area contributed by atoms with Gasteiger partial charge in [0.25, 0.3) is 0 Å². The number of hydrogen-bond donors (Lipinski definition) is 0. The quantitative estimate of drug-likeness (QED) is 0.124. The second-order valence-corrected chi connectivity index (χ2v) is 50.6. The Morgan fingerprint density at radius 2 is 0.929 bits per heavy atom. The van der Waals surface area contributed by atoms with Gasteiger partial charge in [0.15, 0.2) is 0 Å². The summed E-state index contributed by atoms with van der Waals surface area (Å²) in [4.78, 5) is 0. The molecule has 8 rings (SSSR count). The minimum Gasteiger partial charge on any atom is -0.147 e. The predicted octanol–water partition coefficient (Wildman–Crippen LogP) is 15.7. The van der Waals surface area contributed by atoms with E-state index in [1.165, 1.54) is 122 Å². The largest absolute Gasteiger partial charge is 0.147 e. The van der Waals surface area contributed by atoms with E-state index in [0.29, 0.717) is 18.1 Å². The van der Waals surface area contributed by atoms with Gasteiger partial charge in [-0.15, -0.1) is 24.8 Å². The molecule has 0 bridgehead atoms. The van der Waals surface area contributed by atoms with Crippen LogP contribution in [0.3, 0.4) is 0 Å². The van der Waals surface area contributed by atoms with Crippen molar-refractivity contribution in [3.05, 3.63) is 128 Å². The van der Waals surface area contributed by atoms with Gasteiger partial charge < -0.3 is 0 Å². The minimum absolute atomic E-state index is 0. The van der Waals surface area contributed by atoms with E-state index < -0.39 is 17.4 Å². The van der Waals surface area contributed by atoms with Crippen LogP contribution in [0.25, 0.3) is 34.4 Å². The van der Waals surface area contributed by atoms with E-state index in [4.69, 9.17) is 0 Å². The first-order chi connectivity index (χ1) is 25.7. The van der Waals surface area contributed by atoms with Crippen LogP contribution in [0.4, 0.5) is 0 Å². The van der Waals surface area contributed by atoms with Crippen molar-refractivity contribution in [1.82, 2.24) is 0 Å². The Kier molecular flexibility index (Phi) is 12.7. The molecule has 0 N–H and O–H groups in total. The van der Waals surface area contributed by atoms with E-state index in [0.717, 1.165) is 0 Å². The van der Waals surface area contributed by atoms with Crippen molar-refractivity contribution < 1.29 is 17.4 Å². The molecule has 0 aliphatic heterocycles. The third kappa shape index (κ3) is 7.78. The number of hydrogen-bond acceptors (Lipinski definition) is 0. The van der Waals surface area contributed by atoms with Gasteiger partial charge >= 0.3 is 333 Å². The van der Waals surface area contributed by atoms with Gasteiger partial charge in [0.1, 0.15) is 0 Å². The fourth-order valence-corrected chi connectivity index (χ4v) is 32.4. The van der Waals surface area contributed by atoms with Crippen LogP contribution in [0.2, 0.25) is 9.26 Å². The molecule has 4 heteroatoms. The zero-order valence-corrected chi connectivity index (χ0v) is 41.3. The maximum Gasteiger partial charge on any atom is -0.147 e. The Morgan fingerprint density at radius 3 is 1.23 bits per heavy atom. The molecule has 2 unspecified atom stereocenters. The van der Waals surface area contributed by atoms with Crippen LogP contribution in [0, 0.1) is 38.5 Å². The van der Waals surface area contributed by atoms with Gasteiger partial charge in [-0.2, -0.15) is 0 Å². The number of rotatable bonds is 12. The van der Waals surface area contributed by atoms with Crippen molar-refractivity contribution in [2.75, 3.05) is 0 Å². The van der Waals surface area contributed by atoms with Gasteiger partial charge in [-0.3, -0.25) is 0 Å². The van der Waals surface area contributed by atoms with Crippen LogP contribution in [-0.4, -0.2) is 6.88 Å². The summed E-state index contributed by atoms with van der Waals surface area (Å²) < 4.78 is 6.92. The van der Waals surface area contributed by atoms with Crippen LogP contribution in [0.5, 0.6) is 0 Å². The molecule has 0 saturated heterocycles. The fraction of sp³-hybridized carbons (Fsp3) is 0.462. The van der Waals surface area contributed by atoms with Crippen molar-refractivity contribution in [2.45, 2.75) is 135 Å². The number of aryl methyl sites for hydroxylation is 4. The molecule has 4 aromatic carbocycles. The molecule has 4 aliphatic rings. The van der Waals surface area contributed by atoms with Crippen LogP contribution < -0.4 is 0 Å². The van der Waals surface area contributed by atoms with Gasteiger partial charge in [0.2, 0.25) is 0 Å². The van der Waals surface area contributed by atoms with Crippen molar-refractivity contribution >= 4 is 43.8 Å². The van der Waals surface area contributed by atoms with E-state index >= 15 is 0 Å². The maximum absolute atomic E-state index is 3.90. The summed E-state index contributed by atoms with van der Waals surface area (Å²) in [6.07, 6.45) is 21.9. The molecular formula is C52H68Cl2SiZr. The zero-order valence-electron chi connectivity index (χ0n) is 35.7. The smallest absolute Gasteiger partial charge is 0.147 e. The van der Waals surface area contributed by atoms with Gasteiger partial charge in [-0.05, 0) is 0 Å². The number of halogens is 2. The van der Waals surface area contributed by atoms with Crippen LogP contribution >= 0.6 is 24.8 Å². The Morgan fingerprint density at radius 1 is 0.571 bits per heavy atom. The first-order valence-corrected chi connectivity index (χ1v) is 35.3. The maximum atomic E-state index is 2.91. The molecule has 0 radical (unpaired) electrons. The molecular weight excluding hydrogens is 815 g/mol. The van der Waals surface area contributed by atoms with E-state index in [9.17, 15) is 0 Å². The average molecular weight is 883 g/mol. The van der Waals surface area contributed by atoms with Crippen molar-refractivity contribution in [1.29, 1.82) is 0 Å². The van der Waals surface area contributed by atoms with E-state index in [2.05, 4.69) is 143 Å². The van der Waals surface area contributed by atoms with Crippen LogP contribution in [0.15, 0.2) is 83.9 Å². The predicted molar refractivity (Wildman–Crippen MR) is 251 cm³/mol. The summed E-state index contributed by atoms with van der Waals surface area (Å²) in [7, 11) is 0. The molecule has 0 spiro atoms. The average Bonchev–Trinajstić information content (AvgIpc) is 3.64. The minimum atomic E-state index is -3.90. The van der Waals surface area contributed by atoms with Crippen molar-refractivity contribution in [3.8, 4) is 22.3 Å². The molecule has 4 aromatic rings. The summed E-state index contributed by atoms with van der Waals surface area (Å²) >= 11 is -3.90. The molecule has 0 nitrogen and oxygen atoms in total. The van der Waals surface area contributed by atoms with E-state index in [1.807, 2.05) is 0 Å². The second-order valence-electron chi connectivity index (χ2n) is 20.2. The zero-order chi connectivity index (χ0) is 38.1. The number of fused-ring (bicyclic) bond motifs is 2. The SMILES string of the molecule is CCCC1(CC2=Cc3c(-c4cc(C)cc(C)c4)cccc3[CH]2[Zr]([CH3])([CH3])(=[SiH2])[CH]2C(CC3(CCC)CCC3)=Cc3c(-c4cc(C)cc(C)c4)cccc32)CCC1.Cl.Cl. The molecule has 4 aliphatic carbocycles. The molecule has 0 heterocycles. The summed E-state index contributed by atoms with van der Waals surface area (Å²) in [5, 5.41) is 0. The normalized spacial score (nSPS) is 20.4. The van der Waals surface area contributed by atoms with E-state index in [1.54, 1.807) is 33.4 Å². The third-order valence-electron chi connectivity index (χ3n) is 14.8. The Labute approximate surface area is 355 Å². The van der Waals surface area contributed by atoms with Gasteiger partial charge in [-0.25, -0.2) is 0 Å². The molecule has 298 valence electrons. The summed E-state index contributed by atoms with van der Waals surface area (Å²) in [5.41, 5.74) is 22.1. The Balaban J connectivity index is 0.00000266. The second kappa shape index (κ2) is 16.2. The number of allylic oxidation sites excluding steroid dienone is 2. The Bertz CT molecular complexity index is 2060. The fourth-order valence-electron chi connectivity index (χ4n) is 12.7. The van der Waals surface area contributed by atoms with Crippen molar-refractivity contribution in [3.63, 3.8) is 0 Å². The molecule has 0 aromatic heterocycles. The van der Waals surface area contributed by atoms with Gasteiger partial charge in [0.05, 0.1) is 0 Å². The van der Waals surface area contributed by atoms with E-state index in [-0.39, 0.29) is 24.8 Å². The number of benzene rings is 4. The topological polar surface area (TPSA) is 0 Å². The first-order valence-electron chi connectivity index (χ1n) is 21.6. The Hall–Kier alpha value is -1.96. The monoisotopic (exact) mass is 880 g/mol. The molecule has 2 atom stereocenters. The first kappa shape index (κ1) is 43.6. The van der Waals surface area contributed by atoms with Gasteiger partial charge in [-0.1, -0.05) is 0 Å².